The summed E-state index contributed by atoms with van der Waals surface area (Å²) in [5.41, 5.74) is 6.36. The molecule has 0 aliphatic rings. The Morgan fingerprint density at radius 3 is 2.36 bits per heavy atom. The van der Waals surface area contributed by atoms with Crippen molar-refractivity contribution in [1.82, 2.24) is 14.9 Å². The molecule has 3 aromatic rings. The fourth-order valence-electron chi connectivity index (χ4n) is 3.02. The molecule has 0 radical (unpaired) electrons. The van der Waals surface area contributed by atoms with Gasteiger partial charge in [-0.25, -0.2) is 14.0 Å². The Morgan fingerprint density at radius 1 is 1.15 bits per heavy atom. The van der Waals surface area contributed by atoms with Crippen molar-refractivity contribution in [3.8, 4) is 5.69 Å². The number of imidazole rings is 1. The highest BCUT2D eigenvalue weighted by atomic mass is 35.5. The van der Waals surface area contributed by atoms with Crippen molar-refractivity contribution in [2.24, 2.45) is 5.73 Å². The molecule has 1 aromatic heterocycles. The quantitative estimate of drug-likeness (QED) is 0.401. The van der Waals surface area contributed by atoms with Gasteiger partial charge in [-0.3, -0.25) is 19.0 Å². The summed E-state index contributed by atoms with van der Waals surface area (Å²) >= 11 is 6.19. The number of halogens is 1. The highest BCUT2D eigenvalue weighted by Gasteiger charge is 2.22. The molecule has 12 heteroatoms. The average molecular weight is 489 g/mol. The van der Waals surface area contributed by atoms with E-state index >= 15 is 0 Å². The van der Waals surface area contributed by atoms with Crippen molar-refractivity contribution in [2.45, 2.75) is 11.8 Å². The fraction of sp³-hybridized carbons (Fsp3) is 0.143. The van der Waals surface area contributed by atoms with Crippen LogP contribution in [0.15, 0.2) is 53.7 Å². The van der Waals surface area contributed by atoms with Crippen LogP contribution >= 0.6 is 11.6 Å². The van der Waals surface area contributed by atoms with E-state index in [-0.39, 0.29) is 32.6 Å². The number of primary amides is 1. The fourth-order valence-corrected chi connectivity index (χ4v) is 4.28. The molecule has 0 aliphatic carbocycles. The number of hydrogen-bond donors (Lipinski definition) is 4. The molecule has 172 valence electrons. The summed E-state index contributed by atoms with van der Waals surface area (Å²) in [6.45, 7) is 1.64. The highest BCUT2D eigenvalue weighted by Crippen LogP contribution is 2.24. The Bertz CT molecular complexity index is 1350. The minimum Gasteiger partial charge on any atom is -0.364 e. The SMILES string of the molecule is CCS(=N)(=O)c1ccc(C(=O)Nc2ccc(-n3cnc(C(=O)NC)c3C(N)=O)cc2)c(Cl)c1. The smallest absolute Gasteiger partial charge is 0.272 e. The summed E-state index contributed by atoms with van der Waals surface area (Å²) in [4.78, 5) is 40.7. The van der Waals surface area contributed by atoms with Crippen LogP contribution in [0.2, 0.25) is 5.02 Å². The molecule has 0 saturated carbocycles. The third-order valence-electron chi connectivity index (χ3n) is 4.82. The van der Waals surface area contributed by atoms with Gasteiger partial charge < -0.3 is 16.4 Å². The lowest BCUT2D eigenvalue weighted by atomic mass is 10.2. The summed E-state index contributed by atoms with van der Waals surface area (Å²) in [5.74, 6) is -1.72. The van der Waals surface area contributed by atoms with Crippen molar-refractivity contribution >= 4 is 44.7 Å². The van der Waals surface area contributed by atoms with Crippen LogP contribution in [0.1, 0.15) is 38.3 Å². The van der Waals surface area contributed by atoms with Gasteiger partial charge in [0.25, 0.3) is 17.7 Å². The Hall–Kier alpha value is -3.70. The average Bonchev–Trinajstić information content (AvgIpc) is 3.24. The lowest BCUT2D eigenvalue weighted by Gasteiger charge is -2.11. The first kappa shape index (κ1) is 24.0. The second kappa shape index (κ2) is 9.43. The number of aromatic nitrogens is 2. The van der Waals surface area contributed by atoms with E-state index in [4.69, 9.17) is 22.1 Å². The van der Waals surface area contributed by atoms with Crippen molar-refractivity contribution in [3.05, 3.63) is 70.8 Å². The molecule has 3 amide bonds. The zero-order valence-corrected chi connectivity index (χ0v) is 19.3. The molecule has 1 unspecified atom stereocenters. The van der Waals surface area contributed by atoms with E-state index in [9.17, 15) is 18.6 Å². The number of hydrogen-bond acceptors (Lipinski definition) is 6. The Labute approximate surface area is 195 Å². The number of rotatable bonds is 7. The lowest BCUT2D eigenvalue weighted by molar-refractivity contribution is 0.0937. The minimum atomic E-state index is -2.95. The van der Waals surface area contributed by atoms with E-state index in [1.807, 2.05) is 0 Å². The zero-order valence-electron chi connectivity index (χ0n) is 17.7. The normalized spacial score (nSPS) is 12.6. The van der Waals surface area contributed by atoms with E-state index in [2.05, 4.69) is 15.6 Å². The molecule has 10 nitrogen and oxygen atoms in total. The van der Waals surface area contributed by atoms with Crippen LogP contribution in [0.25, 0.3) is 5.69 Å². The third-order valence-corrected chi connectivity index (χ3v) is 6.96. The van der Waals surface area contributed by atoms with Gasteiger partial charge in [-0.15, -0.1) is 0 Å². The number of nitrogens with zero attached hydrogens (tertiary/aromatic N) is 2. The van der Waals surface area contributed by atoms with Crippen molar-refractivity contribution < 1.29 is 18.6 Å². The van der Waals surface area contributed by atoms with Gasteiger partial charge in [-0.05, 0) is 42.5 Å². The molecule has 0 saturated heterocycles. The maximum absolute atomic E-state index is 12.6. The molecular weight excluding hydrogens is 468 g/mol. The van der Waals surface area contributed by atoms with Crippen LogP contribution in [0.4, 0.5) is 5.69 Å². The molecule has 3 rings (SSSR count). The van der Waals surface area contributed by atoms with E-state index < -0.39 is 27.5 Å². The number of amides is 3. The number of nitrogens with two attached hydrogens (primary N) is 1. The van der Waals surface area contributed by atoms with E-state index in [1.165, 1.54) is 36.1 Å². The van der Waals surface area contributed by atoms with E-state index in [0.717, 1.165) is 0 Å². The second-order valence-electron chi connectivity index (χ2n) is 6.86. The van der Waals surface area contributed by atoms with Gasteiger partial charge in [0.1, 0.15) is 12.0 Å². The topological polar surface area (TPSA) is 160 Å². The number of benzene rings is 2. The number of anilines is 1. The molecule has 33 heavy (non-hydrogen) atoms. The minimum absolute atomic E-state index is 0.0731. The first-order valence-electron chi connectivity index (χ1n) is 9.66. The number of nitrogens with one attached hydrogen (secondary N) is 3. The summed E-state index contributed by atoms with van der Waals surface area (Å²) in [7, 11) is -1.53. The Morgan fingerprint density at radius 2 is 1.82 bits per heavy atom. The summed E-state index contributed by atoms with van der Waals surface area (Å²) < 4.78 is 21.4. The van der Waals surface area contributed by atoms with Crippen LogP contribution in [0.5, 0.6) is 0 Å². The van der Waals surface area contributed by atoms with Crippen LogP contribution in [0, 0.1) is 4.78 Å². The maximum Gasteiger partial charge on any atom is 0.272 e. The van der Waals surface area contributed by atoms with E-state index in [0.29, 0.717) is 11.4 Å². The standard InChI is InChI=1S/C21H21ClN6O4S/c1-3-33(24,32)14-8-9-15(16(22)10-14)20(30)27-12-4-6-13(7-5-12)28-11-26-17(21(31)25-2)18(28)19(23)29/h4-11,24H,3H2,1-2H3,(H2,23,29)(H,25,31)(H,27,30). The Kier molecular flexibility index (Phi) is 6.84. The van der Waals surface area contributed by atoms with Gasteiger partial charge in [-0.2, -0.15) is 0 Å². The molecule has 0 bridgehead atoms. The summed E-state index contributed by atoms with van der Waals surface area (Å²) in [5, 5.41) is 5.18. The van der Waals surface area contributed by atoms with Crippen molar-refractivity contribution in [1.29, 1.82) is 4.78 Å². The van der Waals surface area contributed by atoms with Gasteiger partial charge in [0.05, 0.1) is 20.3 Å². The third kappa shape index (κ3) is 4.89. The first-order valence-corrected chi connectivity index (χ1v) is 11.8. The predicted molar refractivity (Wildman–Crippen MR) is 125 cm³/mol. The largest absolute Gasteiger partial charge is 0.364 e. The van der Waals surface area contributed by atoms with Crippen LogP contribution in [0.3, 0.4) is 0 Å². The van der Waals surface area contributed by atoms with E-state index in [1.54, 1.807) is 31.2 Å². The van der Waals surface area contributed by atoms with Crippen molar-refractivity contribution in [3.63, 3.8) is 0 Å². The van der Waals surface area contributed by atoms with Crippen molar-refractivity contribution in [2.75, 3.05) is 18.1 Å². The predicted octanol–water partition coefficient (Wildman–Crippen LogP) is 2.66. The molecule has 0 aliphatic heterocycles. The van der Waals surface area contributed by atoms with Gasteiger partial charge in [-0.1, -0.05) is 18.5 Å². The van der Waals surface area contributed by atoms with Crippen LogP contribution in [-0.2, 0) is 9.73 Å². The van der Waals surface area contributed by atoms with Crippen LogP contribution < -0.4 is 16.4 Å². The van der Waals surface area contributed by atoms with Gasteiger partial charge in [0, 0.05) is 29.1 Å². The molecule has 0 fully saturated rings. The lowest BCUT2D eigenvalue weighted by Crippen LogP contribution is -2.25. The second-order valence-corrected chi connectivity index (χ2v) is 9.67. The summed E-state index contributed by atoms with van der Waals surface area (Å²) in [6, 6.07) is 10.7. The first-order chi connectivity index (χ1) is 15.6. The zero-order chi connectivity index (χ0) is 24.3. The Balaban J connectivity index is 1.84. The monoisotopic (exact) mass is 488 g/mol. The molecule has 0 spiro atoms. The number of carbonyl (C=O) groups excluding carboxylic acids is 3. The molecule has 5 N–H and O–H groups in total. The molecule has 2 aromatic carbocycles. The summed E-state index contributed by atoms with van der Waals surface area (Å²) in [6.07, 6.45) is 1.31. The molecule has 1 heterocycles. The highest BCUT2D eigenvalue weighted by molar-refractivity contribution is 7.92. The molecule has 1 atom stereocenters. The van der Waals surface area contributed by atoms with Gasteiger partial charge in [0.2, 0.25) is 0 Å². The molecular formula is C21H21ClN6O4S. The maximum atomic E-state index is 12.6. The van der Waals surface area contributed by atoms with Gasteiger partial charge in [0.15, 0.2) is 5.69 Å². The number of carbonyl (C=O) groups is 3. The van der Waals surface area contributed by atoms with Crippen LogP contribution in [-0.4, -0.2) is 44.3 Å². The van der Waals surface area contributed by atoms with Gasteiger partial charge >= 0.3 is 0 Å².